The fraction of sp³-hybridized carbons (Fsp3) is 0.444. The van der Waals surface area contributed by atoms with Gasteiger partial charge in [-0.3, -0.25) is 4.79 Å². The molecule has 0 radical (unpaired) electrons. The lowest BCUT2D eigenvalue weighted by molar-refractivity contribution is -0.0989. The first-order valence-corrected chi connectivity index (χ1v) is 7.89. The Kier molecular flexibility index (Phi) is 3.00. The molecule has 5 rings (SSSR count). The first-order valence-electron chi connectivity index (χ1n) is 7.89. The summed E-state index contributed by atoms with van der Waals surface area (Å²) in [5, 5.41) is 19.5. The van der Waals surface area contributed by atoms with Crippen LogP contribution in [0.15, 0.2) is 29.8 Å². The number of hydrogen-bond acceptors (Lipinski definition) is 5. The third-order valence-electron chi connectivity index (χ3n) is 5.29. The van der Waals surface area contributed by atoms with E-state index in [0.717, 1.165) is 0 Å². The molecule has 1 heterocycles. The number of carbonyl (C=O) groups excluding carboxylic acids is 1. The van der Waals surface area contributed by atoms with Gasteiger partial charge in [0, 0.05) is 12.2 Å². The molecule has 118 valence electrons. The summed E-state index contributed by atoms with van der Waals surface area (Å²) in [7, 11) is 0. The third kappa shape index (κ3) is 1.73. The summed E-state index contributed by atoms with van der Waals surface area (Å²) in [6.07, 6.45) is 2.34. The molecule has 2 bridgehead atoms. The van der Waals surface area contributed by atoms with Gasteiger partial charge in [-0.05, 0) is 37.8 Å². The molecule has 4 atom stereocenters. The second-order valence-corrected chi connectivity index (χ2v) is 6.34. The predicted octanol–water partition coefficient (Wildman–Crippen LogP) is 2.60. The zero-order chi connectivity index (χ0) is 16.2. The number of allylic oxidation sites excluding steroid dienone is 1. The molecule has 5 nitrogen and oxygen atoms in total. The number of phenolic OH excluding ortho intramolecular Hbond substituents is 1. The normalized spacial score (nSPS) is 34.0. The highest BCUT2D eigenvalue weighted by molar-refractivity contribution is 6.08. The van der Waals surface area contributed by atoms with Crippen molar-refractivity contribution >= 4 is 5.78 Å². The first kappa shape index (κ1) is 14.3. The molecule has 1 fully saturated rings. The van der Waals surface area contributed by atoms with Crippen molar-refractivity contribution in [3.8, 4) is 17.6 Å². The Morgan fingerprint density at radius 1 is 1.48 bits per heavy atom. The monoisotopic (exact) mass is 311 g/mol. The molecule has 2 unspecified atom stereocenters. The second-order valence-electron chi connectivity index (χ2n) is 6.34. The highest BCUT2D eigenvalue weighted by Gasteiger charge is 2.62. The van der Waals surface area contributed by atoms with E-state index in [1.165, 1.54) is 6.07 Å². The molecule has 1 N–H and O–H groups in total. The predicted molar refractivity (Wildman–Crippen MR) is 81.1 cm³/mol. The molecule has 1 aliphatic heterocycles. The summed E-state index contributed by atoms with van der Waals surface area (Å²) in [4.78, 5) is 13.3. The SMILES string of the molecule is CCO[C@H]1CC2C[C@H]3Oc4cccc(O)c4C(=O)C13C=C2C#N. The van der Waals surface area contributed by atoms with Gasteiger partial charge in [-0.2, -0.15) is 5.26 Å². The Hall–Kier alpha value is -2.32. The van der Waals surface area contributed by atoms with Crippen molar-refractivity contribution in [3.05, 3.63) is 35.4 Å². The highest BCUT2D eigenvalue weighted by atomic mass is 16.5. The lowest BCUT2D eigenvalue weighted by Crippen LogP contribution is -2.62. The number of nitrogens with zero attached hydrogens (tertiary/aromatic N) is 1. The molecule has 5 heteroatoms. The second kappa shape index (κ2) is 4.84. The molecule has 3 aliphatic carbocycles. The largest absolute Gasteiger partial charge is 0.507 e. The van der Waals surface area contributed by atoms with Gasteiger partial charge in [-0.25, -0.2) is 0 Å². The minimum atomic E-state index is -1.01. The zero-order valence-corrected chi connectivity index (χ0v) is 12.8. The number of rotatable bonds is 2. The summed E-state index contributed by atoms with van der Waals surface area (Å²) in [5.41, 5.74) is -0.183. The van der Waals surface area contributed by atoms with Crippen LogP contribution in [0.3, 0.4) is 0 Å². The van der Waals surface area contributed by atoms with E-state index in [4.69, 9.17) is 9.47 Å². The van der Waals surface area contributed by atoms with Crippen LogP contribution in [0.25, 0.3) is 0 Å². The smallest absolute Gasteiger partial charge is 0.186 e. The fourth-order valence-corrected chi connectivity index (χ4v) is 4.28. The number of carbonyl (C=O) groups is 1. The van der Waals surface area contributed by atoms with E-state index >= 15 is 0 Å². The van der Waals surface area contributed by atoms with Crippen molar-refractivity contribution in [2.75, 3.05) is 6.61 Å². The van der Waals surface area contributed by atoms with Gasteiger partial charge in [0.15, 0.2) is 5.78 Å². The molecule has 0 amide bonds. The molecule has 23 heavy (non-hydrogen) atoms. The van der Waals surface area contributed by atoms with Gasteiger partial charge in [0.2, 0.25) is 0 Å². The maximum Gasteiger partial charge on any atom is 0.186 e. The van der Waals surface area contributed by atoms with Crippen LogP contribution >= 0.6 is 0 Å². The van der Waals surface area contributed by atoms with E-state index in [-0.39, 0.29) is 35.2 Å². The van der Waals surface area contributed by atoms with Gasteiger partial charge >= 0.3 is 0 Å². The molecule has 0 aromatic heterocycles. The van der Waals surface area contributed by atoms with E-state index in [2.05, 4.69) is 6.07 Å². The summed E-state index contributed by atoms with van der Waals surface area (Å²) >= 11 is 0. The van der Waals surface area contributed by atoms with Gasteiger partial charge < -0.3 is 14.6 Å². The Morgan fingerprint density at radius 2 is 2.30 bits per heavy atom. The van der Waals surface area contributed by atoms with Gasteiger partial charge in [-0.15, -0.1) is 0 Å². The average molecular weight is 311 g/mol. The van der Waals surface area contributed by atoms with Crippen LogP contribution in [-0.2, 0) is 4.74 Å². The Labute approximate surface area is 134 Å². The Morgan fingerprint density at radius 3 is 3.04 bits per heavy atom. The van der Waals surface area contributed by atoms with Gasteiger partial charge in [0.05, 0.1) is 12.2 Å². The van der Waals surface area contributed by atoms with Crippen molar-refractivity contribution in [3.63, 3.8) is 0 Å². The molecule has 1 aromatic rings. The van der Waals surface area contributed by atoms with Gasteiger partial charge in [0.25, 0.3) is 0 Å². The van der Waals surface area contributed by atoms with E-state index < -0.39 is 5.41 Å². The number of benzene rings is 1. The molecular formula is C18H17NO4. The summed E-state index contributed by atoms with van der Waals surface area (Å²) in [6, 6.07) is 7.07. The minimum absolute atomic E-state index is 0.0649. The van der Waals surface area contributed by atoms with Crippen molar-refractivity contribution in [1.29, 1.82) is 5.26 Å². The molecule has 1 saturated carbocycles. The summed E-state index contributed by atoms with van der Waals surface area (Å²) in [5.74, 6) is 0.191. The van der Waals surface area contributed by atoms with Crippen LogP contribution in [0.2, 0.25) is 0 Å². The van der Waals surface area contributed by atoms with Crippen molar-refractivity contribution in [1.82, 2.24) is 0 Å². The lowest BCUT2D eigenvalue weighted by atomic mass is 9.55. The number of phenols is 1. The fourth-order valence-electron chi connectivity index (χ4n) is 4.28. The van der Waals surface area contributed by atoms with Crippen molar-refractivity contribution < 1.29 is 19.4 Å². The van der Waals surface area contributed by atoms with E-state index in [0.29, 0.717) is 30.8 Å². The maximum atomic E-state index is 13.3. The third-order valence-corrected chi connectivity index (χ3v) is 5.29. The van der Waals surface area contributed by atoms with Crippen LogP contribution < -0.4 is 4.74 Å². The van der Waals surface area contributed by atoms with Crippen LogP contribution in [0.4, 0.5) is 0 Å². The van der Waals surface area contributed by atoms with Crippen molar-refractivity contribution in [2.24, 2.45) is 11.3 Å². The van der Waals surface area contributed by atoms with Crippen LogP contribution in [0.5, 0.6) is 11.5 Å². The number of ketones is 1. The molecule has 1 aromatic carbocycles. The first-order chi connectivity index (χ1) is 11.1. The molecule has 0 saturated heterocycles. The average Bonchev–Trinajstić information content (AvgIpc) is 2.55. The van der Waals surface area contributed by atoms with Crippen LogP contribution in [0.1, 0.15) is 30.1 Å². The Balaban J connectivity index is 1.93. The van der Waals surface area contributed by atoms with Crippen LogP contribution in [0, 0.1) is 22.7 Å². The quantitative estimate of drug-likeness (QED) is 0.908. The van der Waals surface area contributed by atoms with Crippen molar-refractivity contribution in [2.45, 2.75) is 32.0 Å². The summed E-state index contributed by atoms with van der Waals surface area (Å²) in [6.45, 7) is 2.38. The van der Waals surface area contributed by atoms with E-state index in [9.17, 15) is 15.2 Å². The van der Waals surface area contributed by atoms with E-state index in [1.54, 1.807) is 18.2 Å². The number of Topliss-reactive ketones (excluding diaryl/α,β-unsaturated/α-hetero) is 1. The number of fused-ring (bicyclic) bond motifs is 2. The van der Waals surface area contributed by atoms with Crippen LogP contribution in [-0.4, -0.2) is 29.7 Å². The zero-order valence-electron chi connectivity index (χ0n) is 12.8. The number of aromatic hydroxyl groups is 1. The number of nitriles is 1. The van der Waals surface area contributed by atoms with Gasteiger partial charge in [-0.1, -0.05) is 12.1 Å². The van der Waals surface area contributed by atoms with Gasteiger partial charge in [0.1, 0.15) is 28.6 Å². The topological polar surface area (TPSA) is 79.5 Å². The number of hydrogen-bond donors (Lipinski definition) is 1. The lowest BCUT2D eigenvalue weighted by Gasteiger charge is -2.54. The van der Waals surface area contributed by atoms with E-state index in [1.807, 2.05) is 6.92 Å². The maximum absolute atomic E-state index is 13.3. The highest BCUT2D eigenvalue weighted by Crippen LogP contribution is 2.56. The standard InChI is InChI=1S/C18H17NO4/c1-2-22-14-6-10-7-15-18(14,8-11(10)9-19)17(21)16-12(20)4-3-5-13(16)23-15/h3-5,8,10,14-15,20H,2,6-7H2,1H3/t10?,14-,15+,18?/m0/s1. The Bertz CT molecular complexity index is 763. The number of ether oxygens (including phenoxy) is 2. The summed E-state index contributed by atoms with van der Waals surface area (Å²) < 4.78 is 11.9. The minimum Gasteiger partial charge on any atom is -0.507 e. The molecular weight excluding hydrogens is 294 g/mol. The molecule has 1 spiro atoms. The molecule has 4 aliphatic rings.